The molecule has 0 N–H and O–H groups in total. The molecule has 0 amide bonds. The SMILES string of the molecule is O=c1c(F)c(I)c1=O. The Balaban J connectivity index is 3.48. The van der Waals surface area contributed by atoms with Gasteiger partial charge in [0.05, 0.1) is 0 Å². The Morgan fingerprint density at radius 3 is 1.88 bits per heavy atom. The summed E-state index contributed by atoms with van der Waals surface area (Å²) < 4.78 is 11.8. The van der Waals surface area contributed by atoms with E-state index in [4.69, 9.17) is 0 Å². The first kappa shape index (κ1) is 5.87. The third kappa shape index (κ3) is 0.521. The van der Waals surface area contributed by atoms with Crippen LogP contribution in [0.4, 0.5) is 4.39 Å². The minimum Gasteiger partial charge on any atom is -0.284 e. The van der Waals surface area contributed by atoms with Crippen molar-refractivity contribution in [3.63, 3.8) is 0 Å². The quantitative estimate of drug-likeness (QED) is 0.461. The third-order valence-electron chi connectivity index (χ3n) is 0.798. The van der Waals surface area contributed by atoms with E-state index in [0.717, 1.165) is 0 Å². The molecule has 1 aromatic carbocycles. The van der Waals surface area contributed by atoms with Gasteiger partial charge in [0.15, 0.2) is 5.82 Å². The van der Waals surface area contributed by atoms with Crippen molar-refractivity contribution in [2.75, 3.05) is 0 Å². The van der Waals surface area contributed by atoms with Gasteiger partial charge in [-0.15, -0.1) is 0 Å². The van der Waals surface area contributed by atoms with Crippen LogP contribution >= 0.6 is 22.6 Å². The Labute approximate surface area is 57.2 Å². The van der Waals surface area contributed by atoms with Crippen LogP contribution in [0.5, 0.6) is 0 Å². The van der Waals surface area contributed by atoms with Crippen LogP contribution in [0.2, 0.25) is 0 Å². The molecule has 0 aliphatic carbocycles. The van der Waals surface area contributed by atoms with Gasteiger partial charge in [-0.25, -0.2) is 4.39 Å². The molecule has 0 saturated carbocycles. The number of hydrogen-bond acceptors (Lipinski definition) is 2. The molecule has 0 atom stereocenters. The minimum absolute atomic E-state index is 0.0763. The summed E-state index contributed by atoms with van der Waals surface area (Å²) in [6, 6.07) is 0. The van der Waals surface area contributed by atoms with Crippen molar-refractivity contribution in [3.05, 3.63) is 29.8 Å². The van der Waals surface area contributed by atoms with Gasteiger partial charge in [-0.05, 0) is 22.6 Å². The van der Waals surface area contributed by atoms with Gasteiger partial charge in [0.2, 0.25) is 5.43 Å². The van der Waals surface area contributed by atoms with Crippen LogP contribution in [0.25, 0.3) is 0 Å². The van der Waals surface area contributed by atoms with Crippen LogP contribution < -0.4 is 10.9 Å². The topological polar surface area (TPSA) is 34.1 Å². The maximum atomic E-state index is 11.9. The summed E-state index contributed by atoms with van der Waals surface area (Å²) in [7, 11) is 0. The van der Waals surface area contributed by atoms with Crippen LogP contribution in [0.1, 0.15) is 0 Å². The molecule has 4 heteroatoms. The number of halogens is 2. The molecular weight excluding hydrogens is 226 g/mol. The van der Waals surface area contributed by atoms with Crippen LogP contribution in [-0.2, 0) is 0 Å². The first-order valence-corrected chi connectivity index (χ1v) is 2.86. The summed E-state index contributed by atoms with van der Waals surface area (Å²) >= 11 is 1.49. The van der Waals surface area contributed by atoms with Crippen molar-refractivity contribution in [3.8, 4) is 0 Å². The predicted octanol–water partition coefficient (Wildman–Crippen LogP) is 0.0263. The second-order valence-electron chi connectivity index (χ2n) is 1.29. The summed E-state index contributed by atoms with van der Waals surface area (Å²) in [4.78, 5) is 20.1. The predicted molar refractivity (Wildman–Crippen MR) is 34.0 cm³/mol. The normalized spacial score (nSPS) is 10.2. The molecule has 0 fully saturated rings. The lowest BCUT2D eigenvalue weighted by Gasteiger charge is -1.89. The molecular formula is C4FIO2. The fraction of sp³-hybridized carbons (Fsp3) is 0. The van der Waals surface area contributed by atoms with E-state index in [1.54, 1.807) is 0 Å². The zero-order chi connectivity index (χ0) is 6.31. The molecule has 0 unspecified atom stereocenters. The van der Waals surface area contributed by atoms with Crippen LogP contribution in [0.3, 0.4) is 0 Å². The van der Waals surface area contributed by atoms with Gasteiger partial charge in [-0.3, -0.25) is 9.59 Å². The highest BCUT2D eigenvalue weighted by molar-refractivity contribution is 14.1. The molecule has 0 aliphatic rings. The van der Waals surface area contributed by atoms with Gasteiger partial charge in [0, 0.05) is 0 Å². The van der Waals surface area contributed by atoms with Gasteiger partial charge < -0.3 is 0 Å². The van der Waals surface area contributed by atoms with Gasteiger partial charge in [-0.2, -0.15) is 0 Å². The zero-order valence-corrected chi connectivity index (χ0v) is 5.73. The highest BCUT2D eigenvalue weighted by Gasteiger charge is 2.16. The third-order valence-corrected chi connectivity index (χ3v) is 1.76. The van der Waals surface area contributed by atoms with Crippen molar-refractivity contribution in [1.29, 1.82) is 0 Å². The van der Waals surface area contributed by atoms with Gasteiger partial charge >= 0.3 is 0 Å². The van der Waals surface area contributed by atoms with Gasteiger partial charge in [-0.1, -0.05) is 0 Å². The molecule has 0 heterocycles. The van der Waals surface area contributed by atoms with E-state index in [9.17, 15) is 14.0 Å². The molecule has 0 spiro atoms. The van der Waals surface area contributed by atoms with Crippen LogP contribution in [0.15, 0.2) is 9.59 Å². The molecule has 1 rings (SSSR count). The summed E-state index contributed by atoms with van der Waals surface area (Å²) in [5.74, 6) is -0.893. The molecule has 0 aliphatic heterocycles. The van der Waals surface area contributed by atoms with E-state index < -0.39 is 16.7 Å². The summed E-state index contributed by atoms with van der Waals surface area (Å²) in [6.07, 6.45) is 0. The Morgan fingerprint density at radius 2 is 1.75 bits per heavy atom. The highest BCUT2D eigenvalue weighted by Crippen LogP contribution is 1.99. The first-order chi connectivity index (χ1) is 3.64. The molecule has 8 heavy (non-hydrogen) atoms. The molecule has 2 nitrogen and oxygen atoms in total. The van der Waals surface area contributed by atoms with E-state index >= 15 is 0 Å². The Morgan fingerprint density at radius 1 is 1.25 bits per heavy atom. The van der Waals surface area contributed by atoms with E-state index in [0.29, 0.717) is 0 Å². The Hall–Kier alpha value is -0.260. The van der Waals surface area contributed by atoms with Gasteiger partial charge in [0.1, 0.15) is 3.57 Å². The van der Waals surface area contributed by atoms with Crippen molar-refractivity contribution in [2.24, 2.45) is 0 Å². The second-order valence-corrected chi connectivity index (χ2v) is 2.36. The maximum Gasteiger partial charge on any atom is 0.263 e. The summed E-state index contributed by atoms with van der Waals surface area (Å²) in [5, 5.41) is 0. The van der Waals surface area contributed by atoms with E-state index in [2.05, 4.69) is 0 Å². The average molecular weight is 226 g/mol. The first-order valence-electron chi connectivity index (χ1n) is 1.79. The fourth-order valence-corrected chi connectivity index (χ4v) is 0.826. The van der Waals surface area contributed by atoms with Crippen molar-refractivity contribution >= 4 is 22.6 Å². The maximum absolute atomic E-state index is 11.9. The smallest absolute Gasteiger partial charge is 0.263 e. The van der Waals surface area contributed by atoms with Crippen molar-refractivity contribution in [1.82, 2.24) is 0 Å². The largest absolute Gasteiger partial charge is 0.284 e. The molecule has 0 radical (unpaired) electrons. The molecule has 0 aromatic heterocycles. The van der Waals surface area contributed by atoms with Gasteiger partial charge in [0.25, 0.3) is 5.43 Å². The summed E-state index contributed by atoms with van der Waals surface area (Å²) in [6.45, 7) is 0. The molecule has 42 valence electrons. The number of rotatable bonds is 0. The van der Waals surface area contributed by atoms with Crippen molar-refractivity contribution in [2.45, 2.75) is 0 Å². The molecule has 0 bridgehead atoms. The number of hydrogen-bond donors (Lipinski definition) is 0. The lowest BCUT2D eigenvalue weighted by Crippen LogP contribution is -2.37. The van der Waals surface area contributed by atoms with Crippen LogP contribution in [0, 0.1) is 9.39 Å². The van der Waals surface area contributed by atoms with E-state index in [1.807, 2.05) is 0 Å². The lowest BCUT2D eigenvalue weighted by molar-refractivity contribution is 0.592. The lowest BCUT2D eigenvalue weighted by atomic mass is 10.3. The Kier molecular flexibility index (Phi) is 1.18. The van der Waals surface area contributed by atoms with E-state index in [-0.39, 0.29) is 3.57 Å². The zero-order valence-electron chi connectivity index (χ0n) is 3.57. The summed E-state index contributed by atoms with van der Waals surface area (Å²) in [5.41, 5.74) is -1.70. The van der Waals surface area contributed by atoms with Crippen LogP contribution in [-0.4, -0.2) is 0 Å². The molecule has 0 saturated heterocycles. The standard InChI is InChI=1S/C4FIO2/c5-1-2(6)4(8)3(1)7. The molecule has 1 aromatic rings. The highest BCUT2D eigenvalue weighted by atomic mass is 127. The second kappa shape index (κ2) is 1.61. The minimum atomic E-state index is -0.991. The van der Waals surface area contributed by atoms with Crippen molar-refractivity contribution < 1.29 is 4.39 Å². The van der Waals surface area contributed by atoms with E-state index in [1.165, 1.54) is 22.6 Å². The Bertz CT molecular complexity index is 254. The average Bonchev–Trinajstić information content (AvgIpc) is 1.83. The fourth-order valence-electron chi connectivity index (χ4n) is 0.336. The monoisotopic (exact) mass is 226 g/mol.